The Balaban J connectivity index is 2.02. The molecule has 2 aromatic heterocycles. The molecule has 0 saturated heterocycles. The van der Waals surface area contributed by atoms with Crippen LogP contribution >= 0.6 is 11.3 Å². The molecule has 0 aliphatic heterocycles. The monoisotopic (exact) mass is 264 g/mol. The van der Waals surface area contributed by atoms with Gasteiger partial charge in [0.25, 0.3) is 0 Å². The smallest absolute Gasteiger partial charge is 0.0900 e. The van der Waals surface area contributed by atoms with Crippen molar-refractivity contribution in [1.82, 2.24) is 20.1 Å². The third-order valence-corrected chi connectivity index (χ3v) is 3.97. The highest BCUT2D eigenvalue weighted by Crippen LogP contribution is 2.22. The highest BCUT2D eigenvalue weighted by atomic mass is 32.1. The summed E-state index contributed by atoms with van der Waals surface area (Å²) in [6.07, 6.45) is 2.06. The molecule has 0 fully saturated rings. The molecule has 0 aliphatic carbocycles. The molecule has 4 nitrogen and oxygen atoms in total. The van der Waals surface area contributed by atoms with Gasteiger partial charge < -0.3 is 5.32 Å². The molecule has 1 unspecified atom stereocenters. The average Bonchev–Trinajstić information content (AvgIpc) is 2.78. The van der Waals surface area contributed by atoms with Gasteiger partial charge in [0, 0.05) is 36.3 Å². The highest BCUT2D eigenvalue weighted by Gasteiger charge is 2.13. The Hall–Kier alpha value is -1.20. The van der Waals surface area contributed by atoms with Gasteiger partial charge in [-0.1, -0.05) is 0 Å². The van der Waals surface area contributed by atoms with E-state index < -0.39 is 0 Å². The summed E-state index contributed by atoms with van der Waals surface area (Å²) in [5.74, 6) is 0. The van der Waals surface area contributed by atoms with Crippen LogP contribution in [0.4, 0.5) is 0 Å². The number of hydrogen-bond acceptors (Lipinski definition) is 4. The molecule has 0 bridgehead atoms. The van der Waals surface area contributed by atoms with E-state index in [2.05, 4.69) is 42.4 Å². The molecule has 98 valence electrons. The normalized spacial score (nSPS) is 12.9. The van der Waals surface area contributed by atoms with E-state index in [0.717, 1.165) is 17.2 Å². The summed E-state index contributed by atoms with van der Waals surface area (Å²) in [5.41, 5.74) is 3.50. The summed E-state index contributed by atoms with van der Waals surface area (Å²) in [4.78, 5) is 5.89. The molecule has 0 radical (unpaired) electrons. The minimum Gasteiger partial charge on any atom is -0.305 e. The number of aromatic nitrogens is 3. The zero-order chi connectivity index (χ0) is 13.3. The van der Waals surface area contributed by atoms with Crippen LogP contribution in [0.2, 0.25) is 0 Å². The number of nitrogens with one attached hydrogen (secondary N) is 1. The molecule has 0 saturated carbocycles. The predicted molar refractivity (Wildman–Crippen MR) is 74.8 cm³/mol. The molecule has 0 spiro atoms. The molecule has 18 heavy (non-hydrogen) atoms. The highest BCUT2D eigenvalue weighted by molar-refractivity contribution is 7.11. The van der Waals surface area contributed by atoms with Crippen LogP contribution in [0.1, 0.15) is 39.8 Å². The van der Waals surface area contributed by atoms with Crippen molar-refractivity contribution in [2.45, 2.75) is 40.3 Å². The summed E-state index contributed by atoms with van der Waals surface area (Å²) < 4.78 is 1.86. The second kappa shape index (κ2) is 5.20. The van der Waals surface area contributed by atoms with Crippen LogP contribution in [0.3, 0.4) is 0 Å². The lowest BCUT2D eigenvalue weighted by Crippen LogP contribution is -2.19. The Labute approximate surface area is 112 Å². The first-order valence-corrected chi connectivity index (χ1v) is 6.95. The first-order chi connectivity index (χ1) is 8.47. The molecule has 0 aliphatic rings. The number of hydrogen-bond donors (Lipinski definition) is 1. The van der Waals surface area contributed by atoms with Crippen LogP contribution in [-0.2, 0) is 13.6 Å². The molecule has 2 rings (SSSR count). The van der Waals surface area contributed by atoms with Gasteiger partial charge in [-0.3, -0.25) is 4.68 Å². The van der Waals surface area contributed by atoms with Gasteiger partial charge in [0.1, 0.15) is 0 Å². The van der Waals surface area contributed by atoms with Gasteiger partial charge in [-0.15, -0.1) is 11.3 Å². The van der Waals surface area contributed by atoms with E-state index in [1.807, 2.05) is 18.7 Å². The van der Waals surface area contributed by atoms with Crippen molar-refractivity contribution in [3.05, 3.63) is 33.0 Å². The third-order valence-electron chi connectivity index (χ3n) is 3.06. The van der Waals surface area contributed by atoms with Crippen molar-refractivity contribution in [2.75, 3.05) is 0 Å². The van der Waals surface area contributed by atoms with Crippen molar-refractivity contribution in [2.24, 2.45) is 7.05 Å². The number of rotatable bonds is 4. The van der Waals surface area contributed by atoms with Crippen molar-refractivity contribution >= 4 is 11.3 Å². The third kappa shape index (κ3) is 2.79. The van der Waals surface area contributed by atoms with Crippen LogP contribution in [-0.4, -0.2) is 14.8 Å². The average molecular weight is 264 g/mol. The van der Waals surface area contributed by atoms with Gasteiger partial charge in [-0.05, 0) is 27.7 Å². The Kier molecular flexibility index (Phi) is 3.82. The maximum absolute atomic E-state index is 4.59. The topological polar surface area (TPSA) is 42.7 Å². The predicted octanol–water partition coefficient (Wildman–Crippen LogP) is 2.65. The van der Waals surface area contributed by atoms with E-state index in [0.29, 0.717) is 0 Å². The maximum atomic E-state index is 4.59. The lowest BCUT2D eigenvalue weighted by atomic mass is 10.2. The van der Waals surface area contributed by atoms with Crippen LogP contribution < -0.4 is 5.32 Å². The lowest BCUT2D eigenvalue weighted by molar-refractivity contribution is 0.560. The zero-order valence-electron chi connectivity index (χ0n) is 11.6. The number of thiazole rings is 1. The van der Waals surface area contributed by atoms with Gasteiger partial charge in [-0.25, -0.2) is 4.98 Å². The summed E-state index contributed by atoms with van der Waals surface area (Å²) >= 11 is 1.76. The zero-order valence-corrected chi connectivity index (χ0v) is 12.4. The fourth-order valence-corrected chi connectivity index (χ4v) is 3.04. The Bertz CT molecular complexity index is 541. The van der Waals surface area contributed by atoms with E-state index in [-0.39, 0.29) is 6.04 Å². The molecule has 2 heterocycles. The molecule has 2 aromatic rings. The second-order valence-corrected chi connectivity index (χ2v) is 6.10. The Morgan fingerprint density at radius 3 is 2.61 bits per heavy atom. The molecule has 1 atom stereocenters. The Morgan fingerprint density at radius 1 is 1.39 bits per heavy atom. The van der Waals surface area contributed by atoms with Crippen molar-refractivity contribution in [3.8, 4) is 0 Å². The van der Waals surface area contributed by atoms with Gasteiger partial charge in [-0.2, -0.15) is 5.10 Å². The van der Waals surface area contributed by atoms with Crippen molar-refractivity contribution in [1.29, 1.82) is 0 Å². The fraction of sp³-hybridized carbons (Fsp3) is 0.538. The van der Waals surface area contributed by atoms with Crippen molar-refractivity contribution in [3.63, 3.8) is 0 Å². The summed E-state index contributed by atoms with van der Waals surface area (Å²) in [7, 11) is 1.95. The van der Waals surface area contributed by atoms with E-state index in [1.165, 1.54) is 16.1 Å². The number of nitrogens with zero attached hydrogens (tertiary/aromatic N) is 3. The first kappa shape index (κ1) is 13.2. The quantitative estimate of drug-likeness (QED) is 0.923. The largest absolute Gasteiger partial charge is 0.305 e. The van der Waals surface area contributed by atoms with Gasteiger partial charge in [0.05, 0.1) is 16.4 Å². The van der Waals surface area contributed by atoms with Gasteiger partial charge >= 0.3 is 0 Å². The molecule has 0 aromatic carbocycles. The number of aryl methyl sites for hydroxylation is 4. The molecular weight excluding hydrogens is 244 g/mol. The Morgan fingerprint density at radius 2 is 2.11 bits per heavy atom. The van der Waals surface area contributed by atoms with E-state index >= 15 is 0 Å². The minimum atomic E-state index is 0.273. The SMILES string of the molecule is Cc1nc(C(C)NCc2cn(C)nc2C)c(C)s1. The van der Waals surface area contributed by atoms with Crippen LogP contribution in [0.25, 0.3) is 0 Å². The van der Waals surface area contributed by atoms with Crippen LogP contribution in [0.15, 0.2) is 6.20 Å². The van der Waals surface area contributed by atoms with Crippen LogP contribution in [0, 0.1) is 20.8 Å². The van der Waals surface area contributed by atoms with E-state index in [9.17, 15) is 0 Å². The first-order valence-electron chi connectivity index (χ1n) is 6.13. The molecular formula is C13H20N4S. The summed E-state index contributed by atoms with van der Waals surface area (Å²) in [6, 6.07) is 0.273. The summed E-state index contributed by atoms with van der Waals surface area (Å²) in [6.45, 7) is 9.22. The molecule has 5 heteroatoms. The molecule has 1 N–H and O–H groups in total. The van der Waals surface area contributed by atoms with Gasteiger partial charge in [0.15, 0.2) is 0 Å². The van der Waals surface area contributed by atoms with Gasteiger partial charge in [0.2, 0.25) is 0 Å². The van der Waals surface area contributed by atoms with Crippen LogP contribution in [0.5, 0.6) is 0 Å². The standard InChI is InChI=1S/C13H20N4S/c1-8-12(7-17(5)16-8)6-14-9(2)13-10(3)18-11(4)15-13/h7,9,14H,6H2,1-5H3. The molecule has 0 amide bonds. The summed E-state index contributed by atoms with van der Waals surface area (Å²) in [5, 5.41) is 8.99. The maximum Gasteiger partial charge on any atom is 0.0900 e. The fourth-order valence-electron chi connectivity index (χ4n) is 2.13. The van der Waals surface area contributed by atoms with E-state index in [4.69, 9.17) is 0 Å². The minimum absolute atomic E-state index is 0.273. The lowest BCUT2D eigenvalue weighted by Gasteiger charge is -2.12. The van der Waals surface area contributed by atoms with E-state index in [1.54, 1.807) is 11.3 Å². The second-order valence-electron chi connectivity index (χ2n) is 4.69. The van der Waals surface area contributed by atoms with Crippen molar-refractivity contribution < 1.29 is 0 Å².